The van der Waals surface area contributed by atoms with Crippen molar-refractivity contribution in [3.05, 3.63) is 59.4 Å². The predicted octanol–water partition coefficient (Wildman–Crippen LogP) is 2.33. The Morgan fingerprint density at radius 2 is 1.88 bits per heavy atom. The van der Waals surface area contributed by atoms with Crippen molar-refractivity contribution >= 4 is 15.7 Å². The van der Waals surface area contributed by atoms with Crippen LogP contribution in [0.25, 0.3) is 0 Å². The highest BCUT2D eigenvalue weighted by molar-refractivity contribution is 7.89. The molecule has 0 amide bonds. The van der Waals surface area contributed by atoms with E-state index in [9.17, 15) is 12.8 Å². The molecule has 1 saturated heterocycles. The summed E-state index contributed by atoms with van der Waals surface area (Å²) in [7, 11) is -3.65. The second kappa shape index (κ2) is 7.83. The number of nitriles is 1. The standard InChI is InChI=1S/C18H18FN3O3S/c19-16-5-3-6-17(15(16)12-20)21-13-14-4-1-2-7-18(14)26(23,24)22-8-10-25-11-9-22/h1-7,21H,8-11,13H2. The molecule has 8 heteroatoms. The smallest absolute Gasteiger partial charge is 0.243 e. The molecule has 136 valence electrons. The number of ether oxygens (including phenoxy) is 1. The molecule has 1 aliphatic rings. The molecule has 0 unspecified atom stereocenters. The third kappa shape index (κ3) is 3.70. The van der Waals surface area contributed by atoms with E-state index in [2.05, 4.69) is 5.32 Å². The van der Waals surface area contributed by atoms with E-state index in [1.807, 2.05) is 6.07 Å². The highest BCUT2D eigenvalue weighted by atomic mass is 32.2. The maximum Gasteiger partial charge on any atom is 0.243 e. The summed E-state index contributed by atoms with van der Waals surface area (Å²) < 4.78 is 46.2. The number of benzene rings is 2. The van der Waals surface area contributed by atoms with Crippen molar-refractivity contribution in [2.24, 2.45) is 0 Å². The van der Waals surface area contributed by atoms with Gasteiger partial charge in [0.05, 0.1) is 23.8 Å². The first-order valence-electron chi connectivity index (χ1n) is 8.12. The number of hydrogen-bond donors (Lipinski definition) is 1. The number of rotatable bonds is 5. The van der Waals surface area contributed by atoms with Gasteiger partial charge in [-0.1, -0.05) is 24.3 Å². The van der Waals surface area contributed by atoms with Gasteiger partial charge < -0.3 is 10.1 Å². The number of hydrogen-bond acceptors (Lipinski definition) is 5. The minimum Gasteiger partial charge on any atom is -0.380 e. The Morgan fingerprint density at radius 1 is 1.15 bits per heavy atom. The first-order chi connectivity index (χ1) is 12.5. The summed E-state index contributed by atoms with van der Waals surface area (Å²) in [6.45, 7) is 1.51. The molecule has 1 N–H and O–H groups in total. The number of morpholine rings is 1. The van der Waals surface area contributed by atoms with Crippen molar-refractivity contribution in [3.8, 4) is 6.07 Å². The Balaban J connectivity index is 1.87. The van der Waals surface area contributed by atoms with Gasteiger partial charge in [-0.05, 0) is 23.8 Å². The Morgan fingerprint density at radius 3 is 2.62 bits per heavy atom. The zero-order valence-electron chi connectivity index (χ0n) is 14.0. The minimum absolute atomic E-state index is 0.0963. The van der Waals surface area contributed by atoms with Gasteiger partial charge in [0.25, 0.3) is 0 Å². The lowest BCUT2D eigenvalue weighted by Gasteiger charge is -2.27. The summed E-state index contributed by atoms with van der Waals surface area (Å²) in [4.78, 5) is 0.198. The second-order valence-corrected chi connectivity index (χ2v) is 7.66. The van der Waals surface area contributed by atoms with Crippen LogP contribution >= 0.6 is 0 Å². The molecule has 2 aromatic rings. The minimum atomic E-state index is -3.65. The van der Waals surface area contributed by atoms with Crippen molar-refractivity contribution in [1.82, 2.24) is 4.31 Å². The molecule has 1 heterocycles. The van der Waals surface area contributed by atoms with Crippen LogP contribution in [0.1, 0.15) is 11.1 Å². The normalized spacial score (nSPS) is 15.4. The van der Waals surface area contributed by atoms with Crippen molar-refractivity contribution < 1.29 is 17.5 Å². The number of nitrogens with zero attached hydrogens (tertiary/aromatic N) is 2. The van der Waals surface area contributed by atoms with Crippen LogP contribution in [-0.2, 0) is 21.3 Å². The van der Waals surface area contributed by atoms with E-state index in [1.165, 1.54) is 16.4 Å². The van der Waals surface area contributed by atoms with Crippen LogP contribution < -0.4 is 5.32 Å². The van der Waals surface area contributed by atoms with Gasteiger partial charge in [-0.25, -0.2) is 12.8 Å². The highest BCUT2D eigenvalue weighted by Crippen LogP contribution is 2.24. The van der Waals surface area contributed by atoms with Crippen molar-refractivity contribution in [2.75, 3.05) is 31.6 Å². The molecule has 0 atom stereocenters. The topological polar surface area (TPSA) is 82.4 Å². The van der Waals surface area contributed by atoms with Gasteiger partial charge in [-0.2, -0.15) is 9.57 Å². The van der Waals surface area contributed by atoms with Gasteiger partial charge in [-0.3, -0.25) is 0 Å². The van der Waals surface area contributed by atoms with Gasteiger partial charge in [-0.15, -0.1) is 0 Å². The average molecular weight is 375 g/mol. The van der Waals surface area contributed by atoms with Crippen molar-refractivity contribution in [2.45, 2.75) is 11.4 Å². The summed E-state index contributed by atoms with van der Waals surface area (Å²) in [6.07, 6.45) is 0. The van der Waals surface area contributed by atoms with Crippen molar-refractivity contribution in [1.29, 1.82) is 5.26 Å². The molecule has 2 aromatic carbocycles. The molecule has 0 aliphatic carbocycles. The monoisotopic (exact) mass is 375 g/mol. The molecule has 6 nitrogen and oxygen atoms in total. The van der Waals surface area contributed by atoms with Crippen LogP contribution in [0.5, 0.6) is 0 Å². The van der Waals surface area contributed by atoms with E-state index in [0.717, 1.165) is 0 Å². The number of anilines is 1. The predicted molar refractivity (Wildman–Crippen MR) is 94.5 cm³/mol. The second-order valence-electron chi connectivity index (χ2n) is 5.75. The number of sulfonamides is 1. The Labute approximate surface area is 151 Å². The molecule has 0 aromatic heterocycles. The first-order valence-corrected chi connectivity index (χ1v) is 9.56. The van der Waals surface area contributed by atoms with Gasteiger partial charge in [0.15, 0.2) is 0 Å². The third-order valence-corrected chi connectivity index (χ3v) is 6.15. The van der Waals surface area contributed by atoms with Crippen LogP contribution in [0, 0.1) is 17.1 Å². The van der Waals surface area contributed by atoms with Crippen LogP contribution in [0.2, 0.25) is 0 Å². The molecular weight excluding hydrogens is 357 g/mol. The number of nitrogens with one attached hydrogen (secondary N) is 1. The largest absolute Gasteiger partial charge is 0.380 e. The molecule has 1 aliphatic heterocycles. The van der Waals surface area contributed by atoms with E-state index in [-0.39, 0.29) is 17.0 Å². The summed E-state index contributed by atoms with van der Waals surface area (Å²) in [5.74, 6) is -0.619. The van der Waals surface area contributed by atoms with Gasteiger partial charge in [0.1, 0.15) is 17.4 Å². The van der Waals surface area contributed by atoms with E-state index >= 15 is 0 Å². The average Bonchev–Trinajstić information content (AvgIpc) is 2.67. The van der Waals surface area contributed by atoms with Crippen LogP contribution in [-0.4, -0.2) is 39.0 Å². The lowest BCUT2D eigenvalue weighted by molar-refractivity contribution is 0.0730. The Hall–Kier alpha value is -2.47. The molecular formula is C18H18FN3O3S. The molecule has 1 fully saturated rings. The first kappa shape index (κ1) is 18.3. The molecule has 26 heavy (non-hydrogen) atoms. The lowest BCUT2D eigenvalue weighted by atomic mass is 10.1. The zero-order chi connectivity index (χ0) is 18.6. The maximum absolute atomic E-state index is 13.7. The highest BCUT2D eigenvalue weighted by Gasteiger charge is 2.28. The fraction of sp³-hybridized carbons (Fsp3) is 0.278. The Kier molecular flexibility index (Phi) is 5.52. The van der Waals surface area contributed by atoms with Gasteiger partial charge in [0.2, 0.25) is 10.0 Å². The number of halogens is 1. The molecule has 3 rings (SSSR count). The van der Waals surface area contributed by atoms with Crippen LogP contribution in [0.15, 0.2) is 47.4 Å². The van der Waals surface area contributed by atoms with Crippen molar-refractivity contribution in [3.63, 3.8) is 0 Å². The van der Waals surface area contributed by atoms with Gasteiger partial charge in [0, 0.05) is 19.6 Å². The van der Waals surface area contributed by atoms with E-state index in [0.29, 0.717) is 37.6 Å². The summed E-state index contributed by atoms with van der Waals surface area (Å²) >= 11 is 0. The maximum atomic E-state index is 13.7. The fourth-order valence-electron chi connectivity index (χ4n) is 2.80. The SMILES string of the molecule is N#Cc1c(F)cccc1NCc1ccccc1S(=O)(=O)N1CCOCC1. The van der Waals surface area contributed by atoms with E-state index < -0.39 is 15.8 Å². The molecule has 0 radical (unpaired) electrons. The van der Waals surface area contributed by atoms with Gasteiger partial charge >= 0.3 is 0 Å². The zero-order valence-corrected chi connectivity index (χ0v) is 14.8. The van der Waals surface area contributed by atoms with E-state index in [1.54, 1.807) is 30.3 Å². The summed E-state index contributed by atoms with van der Waals surface area (Å²) in [5, 5.41) is 12.1. The summed E-state index contributed by atoms with van der Waals surface area (Å²) in [5.41, 5.74) is 0.777. The molecule has 0 saturated carbocycles. The molecule has 0 bridgehead atoms. The Bertz CT molecular complexity index is 935. The van der Waals surface area contributed by atoms with Crippen LogP contribution in [0.3, 0.4) is 0 Å². The molecule has 0 spiro atoms. The van der Waals surface area contributed by atoms with Crippen LogP contribution in [0.4, 0.5) is 10.1 Å². The quantitative estimate of drug-likeness (QED) is 0.867. The summed E-state index contributed by atoms with van der Waals surface area (Å²) in [6, 6.07) is 12.8. The lowest BCUT2D eigenvalue weighted by Crippen LogP contribution is -2.41. The fourth-order valence-corrected chi connectivity index (χ4v) is 4.43. The van der Waals surface area contributed by atoms with E-state index in [4.69, 9.17) is 10.00 Å². The third-order valence-electron chi connectivity index (χ3n) is 4.16.